The number of amides is 1. The van der Waals surface area contributed by atoms with Crippen LogP contribution in [0, 0.1) is 17.8 Å². The first kappa shape index (κ1) is 16.9. The van der Waals surface area contributed by atoms with Crippen molar-refractivity contribution in [1.29, 1.82) is 0 Å². The van der Waals surface area contributed by atoms with E-state index in [9.17, 15) is 18.0 Å². The molecule has 1 N–H and O–H groups in total. The average Bonchev–Trinajstić information content (AvgIpc) is 2.45. The molecular weight excluding hydrogens is 303 g/mol. The van der Waals surface area contributed by atoms with Crippen molar-refractivity contribution in [2.45, 2.75) is 62.9 Å². The van der Waals surface area contributed by atoms with Gasteiger partial charge in [0, 0.05) is 17.8 Å². The summed E-state index contributed by atoms with van der Waals surface area (Å²) in [4.78, 5) is 12.1. The van der Waals surface area contributed by atoms with Gasteiger partial charge in [-0.3, -0.25) is 4.79 Å². The van der Waals surface area contributed by atoms with E-state index in [1.807, 2.05) is 0 Å². The zero-order valence-electron chi connectivity index (χ0n) is 12.1. The Bertz CT molecular complexity index is 353. The first-order valence-corrected chi connectivity index (χ1v) is 8.30. The van der Waals surface area contributed by atoms with E-state index >= 15 is 0 Å². The van der Waals surface area contributed by atoms with Gasteiger partial charge in [0.2, 0.25) is 5.91 Å². The van der Waals surface area contributed by atoms with Crippen LogP contribution < -0.4 is 5.32 Å². The second-order valence-electron chi connectivity index (χ2n) is 6.40. The van der Waals surface area contributed by atoms with Crippen molar-refractivity contribution < 1.29 is 18.0 Å². The van der Waals surface area contributed by atoms with E-state index in [0.717, 1.165) is 25.7 Å². The van der Waals surface area contributed by atoms with E-state index in [2.05, 4.69) is 5.32 Å². The topological polar surface area (TPSA) is 29.1 Å². The highest BCUT2D eigenvalue weighted by molar-refractivity contribution is 6.20. The number of nitrogens with one attached hydrogen (secondary N) is 1. The van der Waals surface area contributed by atoms with Crippen LogP contribution in [0.2, 0.25) is 0 Å². The van der Waals surface area contributed by atoms with E-state index in [1.165, 1.54) is 0 Å². The fraction of sp³-hybridized carbons (Fsp3) is 0.933. The molecule has 0 bridgehead atoms. The lowest BCUT2D eigenvalue weighted by Crippen LogP contribution is -2.40. The van der Waals surface area contributed by atoms with Crippen LogP contribution >= 0.6 is 11.6 Å². The molecule has 2 atom stereocenters. The largest absolute Gasteiger partial charge is 0.391 e. The number of carbonyl (C=O) groups excluding carboxylic acids is 1. The number of hydrogen-bond donors (Lipinski definition) is 1. The SMILES string of the molecule is O=C(NCC1CCCCC1Cl)C1CCC(C(F)(F)F)CC1. The van der Waals surface area contributed by atoms with Gasteiger partial charge in [-0.1, -0.05) is 12.8 Å². The maximum Gasteiger partial charge on any atom is 0.391 e. The lowest BCUT2D eigenvalue weighted by Gasteiger charge is -2.31. The van der Waals surface area contributed by atoms with Crippen LogP contribution in [-0.2, 0) is 4.79 Å². The van der Waals surface area contributed by atoms with Crippen LogP contribution in [-0.4, -0.2) is 24.0 Å². The normalized spacial score (nSPS) is 34.5. The minimum Gasteiger partial charge on any atom is -0.356 e. The highest BCUT2D eigenvalue weighted by Gasteiger charge is 2.42. The number of hydrogen-bond acceptors (Lipinski definition) is 1. The van der Waals surface area contributed by atoms with Crippen LogP contribution in [0.1, 0.15) is 51.4 Å². The van der Waals surface area contributed by atoms with Crippen molar-refractivity contribution in [3.63, 3.8) is 0 Å². The highest BCUT2D eigenvalue weighted by atomic mass is 35.5. The molecule has 1 amide bonds. The molecule has 0 heterocycles. The third kappa shape index (κ3) is 4.76. The van der Waals surface area contributed by atoms with Crippen molar-refractivity contribution in [2.24, 2.45) is 17.8 Å². The maximum atomic E-state index is 12.6. The quantitative estimate of drug-likeness (QED) is 0.771. The second kappa shape index (κ2) is 7.21. The third-order valence-corrected chi connectivity index (χ3v) is 5.49. The molecule has 2 rings (SSSR count). The number of carbonyl (C=O) groups is 1. The van der Waals surface area contributed by atoms with Gasteiger partial charge in [-0.15, -0.1) is 11.6 Å². The molecular formula is C15H23ClF3NO. The smallest absolute Gasteiger partial charge is 0.356 e. The van der Waals surface area contributed by atoms with E-state index in [4.69, 9.17) is 11.6 Å². The minimum absolute atomic E-state index is 0.0726. The fourth-order valence-electron chi connectivity index (χ4n) is 3.45. The van der Waals surface area contributed by atoms with Crippen LogP contribution in [0.15, 0.2) is 0 Å². The average molecular weight is 326 g/mol. The Labute approximate surface area is 128 Å². The number of alkyl halides is 4. The summed E-state index contributed by atoms with van der Waals surface area (Å²) in [5, 5.41) is 3.01. The van der Waals surface area contributed by atoms with Gasteiger partial charge in [0.05, 0.1) is 5.92 Å². The summed E-state index contributed by atoms with van der Waals surface area (Å²) < 4.78 is 37.8. The Kier molecular flexibility index (Phi) is 5.81. The van der Waals surface area contributed by atoms with Crippen LogP contribution in [0.3, 0.4) is 0 Å². The van der Waals surface area contributed by atoms with Gasteiger partial charge in [0.15, 0.2) is 0 Å². The summed E-state index contributed by atoms with van der Waals surface area (Å²) in [5.41, 5.74) is 0. The summed E-state index contributed by atoms with van der Waals surface area (Å²) in [5.74, 6) is -1.28. The summed E-state index contributed by atoms with van der Waals surface area (Å²) >= 11 is 6.24. The number of halogens is 4. The molecule has 0 saturated heterocycles. The Hall–Kier alpha value is -0.450. The molecule has 2 nitrogen and oxygen atoms in total. The van der Waals surface area contributed by atoms with Crippen LogP contribution in [0.4, 0.5) is 13.2 Å². The minimum atomic E-state index is -4.12. The Balaban J connectivity index is 1.72. The third-order valence-electron chi connectivity index (χ3n) is 4.92. The number of rotatable bonds is 3. The zero-order chi connectivity index (χ0) is 15.5. The molecule has 2 aliphatic carbocycles. The molecule has 6 heteroatoms. The summed E-state index contributed by atoms with van der Waals surface area (Å²) in [6.07, 6.45) is 0.992. The molecule has 122 valence electrons. The van der Waals surface area contributed by atoms with E-state index in [-0.39, 0.29) is 30.0 Å². The second-order valence-corrected chi connectivity index (χ2v) is 6.96. The molecule has 2 aliphatic rings. The molecule has 0 radical (unpaired) electrons. The van der Waals surface area contributed by atoms with Gasteiger partial charge in [-0.05, 0) is 44.4 Å². The van der Waals surface area contributed by atoms with Crippen molar-refractivity contribution in [1.82, 2.24) is 5.32 Å². The van der Waals surface area contributed by atoms with Crippen molar-refractivity contribution in [3.8, 4) is 0 Å². The molecule has 2 saturated carbocycles. The van der Waals surface area contributed by atoms with Crippen molar-refractivity contribution in [3.05, 3.63) is 0 Å². The molecule has 0 aliphatic heterocycles. The monoisotopic (exact) mass is 325 g/mol. The maximum absolute atomic E-state index is 12.6. The Morgan fingerprint density at radius 1 is 1.05 bits per heavy atom. The predicted molar refractivity (Wildman–Crippen MR) is 76.1 cm³/mol. The highest BCUT2D eigenvalue weighted by Crippen LogP contribution is 2.39. The molecule has 2 fully saturated rings. The Morgan fingerprint density at radius 3 is 2.24 bits per heavy atom. The predicted octanol–water partition coefficient (Wildman–Crippen LogP) is 4.27. The van der Waals surface area contributed by atoms with Gasteiger partial charge in [0.1, 0.15) is 0 Å². The first-order valence-electron chi connectivity index (χ1n) is 7.86. The zero-order valence-corrected chi connectivity index (χ0v) is 12.8. The van der Waals surface area contributed by atoms with Gasteiger partial charge >= 0.3 is 6.18 Å². The lowest BCUT2D eigenvalue weighted by molar-refractivity contribution is -0.184. The van der Waals surface area contributed by atoms with Gasteiger partial charge in [-0.25, -0.2) is 0 Å². The Morgan fingerprint density at radius 2 is 1.67 bits per heavy atom. The summed E-state index contributed by atoms with van der Waals surface area (Å²) in [6.45, 7) is 0.562. The molecule has 0 aromatic heterocycles. The van der Waals surface area contributed by atoms with Crippen molar-refractivity contribution in [2.75, 3.05) is 6.54 Å². The molecule has 2 unspecified atom stereocenters. The fourth-order valence-corrected chi connectivity index (χ4v) is 3.82. The molecule has 0 aromatic rings. The lowest BCUT2D eigenvalue weighted by atomic mass is 9.81. The van der Waals surface area contributed by atoms with Gasteiger partial charge < -0.3 is 5.32 Å². The first-order chi connectivity index (χ1) is 9.88. The summed E-state index contributed by atoms with van der Waals surface area (Å²) in [6, 6.07) is 0. The van der Waals surface area contributed by atoms with E-state index in [1.54, 1.807) is 0 Å². The summed E-state index contributed by atoms with van der Waals surface area (Å²) in [7, 11) is 0. The van der Waals surface area contributed by atoms with Gasteiger partial charge in [0.25, 0.3) is 0 Å². The van der Waals surface area contributed by atoms with Gasteiger partial charge in [-0.2, -0.15) is 13.2 Å². The van der Waals surface area contributed by atoms with E-state index < -0.39 is 12.1 Å². The molecule has 0 spiro atoms. The molecule has 21 heavy (non-hydrogen) atoms. The van der Waals surface area contributed by atoms with Crippen LogP contribution in [0.5, 0.6) is 0 Å². The molecule has 0 aromatic carbocycles. The standard InChI is InChI=1S/C15H23ClF3NO/c16-13-4-2-1-3-11(13)9-20-14(21)10-5-7-12(8-6-10)15(17,18)19/h10-13H,1-9H2,(H,20,21). The van der Waals surface area contributed by atoms with E-state index in [0.29, 0.717) is 25.3 Å². The van der Waals surface area contributed by atoms with Crippen molar-refractivity contribution >= 4 is 17.5 Å². The van der Waals surface area contributed by atoms with Crippen LogP contribution in [0.25, 0.3) is 0 Å².